The van der Waals surface area contributed by atoms with E-state index in [1.807, 2.05) is 0 Å². The minimum atomic E-state index is 0. The van der Waals surface area contributed by atoms with Gasteiger partial charge in [-0.25, -0.2) is 0 Å². The molecule has 0 fully saturated rings. The van der Waals surface area contributed by atoms with E-state index in [9.17, 15) is 4.79 Å². The zero-order chi connectivity index (χ0) is 4.83. The van der Waals surface area contributed by atoms with Crippen LogP contribution in [-0.4, -0.2) is 18.0 Å². The number of carbonyl (C=O) groups excluding carboxylic acids is 1. The molecule has 0 amide bonds. The van der Waals surface area contributed by atoms with E-state index in [1.165, 1.54) is 0 Å². The molecule has 0 aliphatic carbocycles. The van der Waals surface area contributed by atoms with E-state index in [0.29, 0.717) is 12.8 Å². The van der Waals surface area contributed by atoms with Crippen molar-refractivity contribution in [2.24, 2.45) is 0 Å². The number of aliphatic hydroxyl groups is 1. The summed E-state index contributed by atoms with van der Waals surface area (Å²) in [6.45, 7) is 0.0925. The molecular weight excluding hydrogens is 139 g/mol. The largest absolute Gasteiger partial charge is 0.542 e. The van der Waals surface area contributed by atoms with Crippen molar-refractivity contribution in [2.45, 2.75) is 12.8 Å². The molecule has 0 rings (SSSR count). The van der Waals surface area contributed by atoms with E-state index in [1.54, 1.807) is 6.29 Å². The minimum Gasteiger partial charge on any atom is -0.542 e. The van der Waals surface area contributed by atoms with Gasteiger partial charge >= 0.3 is 0 Å². The molecule has 0 aliphatic rings. The molecule has 0 saturated carbocycles. The van der Waals surface area contributed by atoms with E-state index >= 15 is 0 Å². The molecule has 0 aromatic carbocycles. The second kappa shape index (κ2) is 9.46. The van der Waals surface area contributed by atoms with Gasteiger partial charge in [0.15, 0.2) is 0 Å². The summed E-state index contributed by atoms with van der Waals surface area (Å²) in [4.78, 5) is 9.33. The van der Waals surface area contributed by atoms with Gasteiger partial charge in [-0.05, 0) is 0 Å². The number of hydrogen-bond donors (Lipinski definition) is 1. The molecule has 0 aromatic rings. The van der Waals surface area contributed by atoms with Crippen LogP contribution in [0, 0.1) is 0 Å². The second-order valence-electron chi connectivity index (χ2n) is 0.971. The molecule has 0 unspecified atom stereocenters. The average molecular weight is 146 g/mol. The summed E-state index contributed by atoms with van der Waals surface area (Å²) < 4.78 is 0. The molecule has 45 valence electrons. The van der Waals surface area contributed by atoms with E-state index < -0.39 is 0 Å². The average Bonchev–Trinajstić information content (AvgIpc) is 1.61. The molecule has 0 heterocycles. The summed E-state index contributed by atoms with van der Waals surface area (Å²) in [6.07, 6.45) is 2.56. The van der Waals surface area contributed by atoms with Crippen molar-refractivity contribution in [3.05, 3.63) is 0 Å². The van der Waals surface area contributed by atoms with Crippen LogP contribution in [0.5, 0.6) is 0 Å². The van der Waals surface area contributed by atoms with Gasteiger partial charge in [0, 0.05) is 23.4 Å². The van der Waals surface area contributed by atoms with Crippen LogP contribution in [-0.2, 0) is 21.6 Å². The molecular formula is C4H7CoO2-. The van der Waals surface area contributed by atoms with Gasteiger partial charge in [0.05, 0.1) is 0 Å². The van der Waals surface area contributed by atoms with Crippen LogP contribution in [0.3, 0.4) is 0 Å². The number of aliphatic hydroxyl groups excluding tert-OH is 1. The smallest absolute Gasteiger partial charge is 0.0408 e. The van der Waals surface area contributed by atoms with Crippen molar-refractivity contribution in [1.29, 1.82) is 0 Å². The zero-order valence-corrected chi connectivity index (χ0v) is 4.85. The minimum absolute atomic E-state index is 0. The van der Waals surface area contributed by atoms with E-state index in [4.69, 9.17) is 5.11 Å². The van der Waals surface area contributed by atoms with Gasteiger partial charge in [-0.2, -0.15) is 6.42 Å². The molecule has 2 nitrogen and oxygen atoms in total. The van der Waals surface area contributed by atoms with E-state index in [-0.39, 0.29) is 23.4 Å². The first kappa shape index (κ1) is 10.2. The molecule has 0 saturated heterocycles. The summed E-state index contributed by atoms with van der Waals surface area (Å²) in [7, 11) is 0. The van der Waals surface area contributed by atoms with Crippen molar-refractivity contribution in [3.8, 4) is 0 Å². The van der Waals surface area contributed by atoms with Gasteiger partial charge in [0.2, 0.25) is 0 Å². The first-order valence-corrected chi connectivity index (χ1v) is 1.87. The maximum Gasteiger partial charge on any atom is 0.0408 e. The van der Waals surface area contributed by atoms with Gasteiger partial charge in [-0.1, -0.05) is 6.42 Å². The normalized spacial score (nSPS) is 7.00. The van der Waals surface area contributed by atoms with Crippen molar-refractivity contribution in [2.75, 3.05) is 6.61 Å². The van der Waals surface area contributed by atoms with E-state index in [2.05, 4.69) is 0 Å². The van der Waals surface area contributed by atoms with Crippen LogP contribution in [0.1, 0.15) is 12.8 Å². The van der Waals surface area contributed by atoms with E-state index in [0.717, 1.165) is 0 Å². The monoisotopic (exact) mass is 146 g/mol. The van der Waals surface area contributed by atoms with Crippen molar-refractivity contribution in [3.63, 3.8) is 0 Å². The Kier molecular flexibility index (Phi) is 13.8. The standard InChI is InChI=1S/C4H7O2.Co/c5-3-1-2-4-6;/h5H,1-3H2;/q-1;. The van der Waals surface area contributed by atoms with Gasteiger partial charge in [0.25, 0.3) is 0 Å². The summed E-state index contributed by atoms with van der Waals surface area (Å²) in [5.74, 6) is 0. The summed E-state index contributed by atoms with van der Waals surface area (Å²) >= 11 is 0. The molecule has 0 aromatic heterocycles. The number of rotatable bonds is 3. The Morgan fingerprint density at radius 2 is 2.14 bits per heavy atom. The predicted octanol–water partition coefficient (Wildman–Crippen LogP) is -0.134. The second-order valence-corrected chi connectivity index (χ2v) is 0.971. The topological polar surface area (TPSA) is 37.3 Å². The molecule has 1 radical (unpaired) electrons. The summed E-state index contributed by atoms with van der Waals surface area (Å²) in [5, 5.41) is 8.02. The molecule has 7 heavy (non-hydrogen) atoms. The Hall–Kier alpha value is 0.136. The van der Waals surface area contributed by atoms with Crippen LogP contribution in [0.2, 0.25) is 0 Å². The molecule has 3 heteroatoms. The van der Waals surface area contributed by atoms with Crippen LogP contribution in [0.4, 0.5) is 0 Å². The number of unbranched alkanes of at least 4 members (excludes halogenated alkanes) is 1. The Bertz CT molecular complexity index is 38.7. The third-order valence-corrected chi connectivity index (χ3v) is 0.437. The van der Waals surface area contributed by atoms with Gasteiger partial charge in [0.1, 0.15) is 0 Å². The van der Waals surface area contributed by atoms with Crippen LogP contribution in [0.15, 0.2) is 0 Å². The van der Waals surface area contributed by atoms with Crippen LogP contribution < -0.4 is 0 Å². The zero-order valence-electron chi connectivity index (χ0n) is 3.81. The fourth-order valence-corrected chi connectivity index (χ4v) is 0.151. The van der Waals surface area contributed by atoms with Gasteiger partial charge in [-0.3, -0.25) is 6.29 Å². The Morgan fingerprint density at radius 1 is 1.57 bits per heavy atom. The Labute approximate surface area is 53.1 Å². The Morgan fingerprint density at radius 3 is 2.29 bits per heavy atom. The molecule has 0 aliphatic heterocycles. The SMILES string of the molecule is O=[C-]CCCO.[Co]. The maximum atomic E-state index is 9.33. The van der Waals surface area contributed by atoms with Crippen LogP contribution in [0.25, 0.3) is 0 Å². The summed E-state index contributed by atoms with van der Waals surface area (Å²) in [6, 6.07) is 0. The first-order chi connectivity index (χ1) is 2.91. The van der Waals surface area contributed by atoms with Crippen molar-refractivity contribution >= 4 is 6.29 Å². The molecule has 0 spiro atoms. The molecule has 0 bridgehead atoms. The first-order valence-electron chi connectivity index (χ1n) is 1.87. The third-order valence-electron chi connectivity index (χ3n) is 0.437. The predicted molar refractivity (Wildman–Crippen MR) is 22.0 cm³/mol. The fourth-order valence-electron chi connectivity index (χ4n) is 0.151. The maximum absolute atomic E-state index is 9.33. The molecule has 0 atom stereocenters. The summed E-state index contributed by atoms with van der Waals surface area (Å²) in [5.41, 5.74) is 0. The third kappa shape index (κ3) is 10.7. The van der Waals surface area contributed by atoms with Gasteiger partial charge < -0.3 is 9.90 Å². The molecule has 1 N–H and O–H groups in total. The Balaban J connectivity index is 0. The van der Waals surface area contributed by atoms with Gasteiger partial charge in [-0.15, -0.1) is 0 Å². The van der Waals surface area contributed by atoms with Crippen molar-refractivity contribution < 1.29 is 26.7 Å². The quantitative estimate of drug-likeness (QED) is 0.444. The number of hydrogen-bond acceptors (Lipinski definition) is 2. The van der Waals surface area contributed by atoms with Crippen LogP contribution >= 0.6 is 0 Å². The fraction of sp³-hybridized carbons (Fsp3) is 0.750. The van der Waals surface area contributed by atoms with Crippen molar-refractivity contribution in [1.82, 2.24) is 0 Å².